The molecule has 8 heteroatoms. The van der Waals surface area contributed by atoms with E-state index in [2.05, 4.69) is 29.6 Å². The zero-order chi connectivity index (χ0) is 21.6. The normalized spacial score (nSPS) is 13.0. The number of carbonyl (C=O) groups is 1. The van der Waals surface area contributed by atoms with Gasteiger partial charge >= 0.3 is 0 Å². The molecule has 1 heterocycles. The van der Waals surface area contributed by atoms with Gasteiger partial charge in [0.25, 0.3) is 0 Å². The second-order valence-corrected chi connectivity index (χ2v) is 9.36. The minimum absolute atomic E-state index is 0.109. The van der Waals surface area contributed by atoms with Crippen LogP contribution >= 0.6 is 0 Å². The number of hydrogen-bond acceptors (Lipinski definition) is 5. The monoisotopic (exact) mass is 432 g/mol. The minimum Gasteiger partial charge on any atom is -0.486 e. The molecule has 0 fully saturated rings. The van der Waals surface area contributed by atoms with E-state index in [1.54, 1.807) is 25.1 Å². The van der Waals surface area contributed by atoms with Crippen molar-refractivity contribution in [2.45, 2.75) is 26.7 Å². The average molecular weight is 433 g/mol. The maximum Gasteiger partial charge on any atom is 0.240 e. The number of ether oxygens (including phenoxy) is 2. The van der Waals surface area contributed by atoms with Crippen molar-refractivity contribution in [3.63, 3.8) is 0 Å². The van der Waals surface area contributed by atoms with Gasteiger partial charge in [0.1, 0.15) is 19.8 Å². The zero-order valence-electron chi connectivity index (χ0n) is 17.4. The lowest BCUT2D eigenvalue weighted by Crippen LogP contribution is -2.41. The number of anilines is 1. The highest BCUT2D eigenvalue weighted by molar-refractivity contribution is 7.92. The van der Waals surface area contributed by atoms with E-state index < -0.39 is 10.0 Å². The van der Waals surface area contributed by atoms with Gasteiger partial charge in [0.15, 0.2) is 11.5 Å². The summed E-state index contributed by atoms with van der Waals surface area (Å²) >= 11 is 0. The number of sulfonamides is 1. The summed E-state index contributed by atoms with van der Waals surface area (Å²) in [6, 6.07) is 13.2. The van der Waals surface area contributed by atoms with Gasteiger partial charge in [0, 0.05) is 12.6 Å². The van der Waals surface area contributed by atoms with E-state index >= 15 is 0 Å². The van der Waals surface area contributed by atoms with Gasteiger partial charge < -0.3 is 14.8 Å². The Morgan fingerprint density at radius 1 is 1.07 bits per heavy atom. The molecule has 0 unspecified atom stereocenters. The number of carbonyl (C=O) groups excluding carboxylic acids is 1. The van der Waals surface area contributed by atoms with Crippen LogP contribution in [0.1, 0.15) is 24.5 Å². The van der Waals surface area contributed by atoms with Crippen LogP contribution in [0.2, 0.25) is 0 Å². The van der Waals surface area contributed by atoms with Crippen molar-refractivity contribution < 1.29 is 22.7 Å². The Balaban J connectivity index is 1.61. The van der Waals surface area contributed by atoms with E-state index in [0.717, 1.165) is 17.1 Å². The van der Waals surface area contributed by atoms with Crippen LogP contribution in [0.25, 0.3) is 0 Å². The molecule has 2 aromatic rings. The van der Waals surface area contributed by atoms with Crippen LogP contribution in [-0.4, -0.2) is 46.4 Å². The first-order chi connectivity index (χ1) is 14.4. The molecule has 0 saturated heterocycles. The zero-order valence-corrected chi connectivity index (χ0v) is 18.2. The molecule has 7 nitrogen and oxygen atoms in total. The fraction of sp³-hybridized carbons (Fsp3) is 0.409. The first kappa shape index (κ1) is 22.0. The van der Waals surface area contributed by atoms with Crippen LogP contribution in [0.4, 0.5) is 5.69 Å². The molecule has 1 amide bonds. The molecular weight excluding hydrogens is 404 g/mol. The number of amides is 1. The molecule has 0 radical (unpaired) electrons. The van der Waals surface area contributed by atoms with E-state index in [0.29, 0.717) is 36.9 Å². The van der Waals surface area contributed by atoms with E-state index in [9.17, 15) is 13.2 Å². The highest BCUT2D eigenvalue weighted by Gasteiger charge is 2.25. The lowest BCUT2D eigenvalue weighted by molar-refractivity contribution is -0.119. The van der Waals surface area contributed by atoms with Gasteiger partial charge in [-0.2, -0.15) is 0 Å². The van der Waals surface area contributed by atoms with Crippen molar-refractivity contribution in [3.05, 3.63) is 53.6 Å². The molecule has 162 valence electrons. The fourth-order valence-electron chi connectivity index (χ4n) is 3.15. The number of fused-ring (bicyclic) bond motifs is 1. The second-order valence-electron chi connectivity index (χ2n) is 7.17. The first-order valence-electron chi connectivity index (χ1n) is 10.1. The van der Waals surface area contributed by atoms with Crippen molar-refractivity contribution in [2.24, 2.45) is 0 Å². The van der Waals surface area contributed by atoms with Gasteiger partial charge in [-0.25, -0.2) is 8.42 Å². The van der Waals surface area contributed by atoms with E-state index in [4.69, 9.17) is 9.47 Å². The number of nitrogens with one attached hydrogen (secondary N) is 1. The predicted octanol–water partition coefficient (Wildman–Crippen LogP) is 2.67. The SMILES string of the molecule is CCS(=O)(=O)N(CC(=O)NCCCc1ccc(C)cc1)c1ccc2c(c1)OCCO2. The summed E-state index contributed by atoms with van der Waals surface area (Å²) in [5.41, 5.74) is 2.81. The minimum atomic E-state index is -3.64. The number of hydrogen-bond donors (Lipinski definition) is 1. The molecule has 1 N–H and O–H groups in total. The van der Waals surface area contributed by atoms with Crippen molar-refractivity contribution in [1.82, 2.24) is 5.32 Å². The maximum absolute atomic E-state index is 12.6. The number of rotatable bonds is 9. The van der Waals surface area contributed by atoms with Crippen LogP contribution in [0.15, 0.2) is 42.5 Å². The second kappa shape index (κ2) is 9.84. The molecule has 0 aliphatic carbocycles. The highest BCUT2D eigenvalue weighted by Crippen LogP contribution is 2.34. The third kappa shape index (κ3) is 5.66. The Hall–Kier alpha value is -2.74. The van der Waals surface area contributed by atoms with Gasteiger partial charge in [-0.3, -0.25) is 9.10 Å². The number of aryl methyl sites for hydroxylation is 2. The van der Waals surface area contributed by atoms with Crippen LogP contribution in [0.5, 0.6) is 11.5 Å². The van der Waals surface area contributed by atoms with Crippen molar-refractivity contribution in [2.75, 3.05) is 36.4 Å². The molecule has 2 aromatic carbocycles. The number of nitrogens with zero attached hydrogens (tertiary/aromatic N) is 1. The molecule has 0 spiro atoms. The smallest absolute Gasteiger partial charge is 0.240 e. The molecular formula is C22H28N2O5S. The lowest BCUT2D eigenvalue weighted by atomic mass is 10.1. The molecule has 1 aliphatic rings. The average Bonchev–Trinajstić information content (AvgIpc) is 2.76. The van der Waals surface area contributed by atoms with Crippen molar-refractivity contribution in [1.29, 1.82) is 0 Å². The van der Waals surface area contributed by atoms with E-state index in [-0.39, 0.29) is 18.2 Å². The summed E-state index contributed by atoms with van der Waals surface area (Å²) in [6.45, 7) is 4.66. The Morgan fingerprint density at radius 3 is 2.47 bits per heavy atom. The summed E-state index contributed by atoms with van der Waals surface area (Å²) in [5.74, 6) is 0.598. The first-order valence-corrected chi connectivity index (χ1v) is 11.7. The maximum atomic E-state index is 12.6. The van der Waals surface area contributed by atoms with Crippen LogP contribution in [-0.2, 0) is 21.2 Å². The van der Waals surface area contributed by atoms with Crippen molar-refractivity contribution >= 4 is 21.6 Å². The van der Waals surface area contributed by atoms with Gasteiger partial charge in [-0.15, -0.1) is 0 Å². The van der Waals surface area contributed by atoms with Crippen LogP contribution < -0.4 is 19.1 Å². The Kier molecular flexibility index (Phi) is 7.20. The molecule has 0 aromatic heterocycles. The lowest BCUT2D eigenvalue weighted by Gasteiger charge is -2.25. The largest absolute Gasteiger partial charge is 0.486 e. The summed E-state index contributed by atoms with van der Waals surface area (Å²) in [4.78, 5) is 12.5. The summed E-state index contributed by atoms with van der Waals surface area (Å²) in [6.07, 6.45) is 1.62. The molecule has 3 rings (SSSR count). The Labute approximate surface area is 178 Å². The van der Waals surface area contributed by atoms with E-state index in [1.807, 2.05) is 6.92 Å². The Morgan fingerprint density at radius 2 is 1.77 bits per heavy atom. The summed E-state index contributed by atoms with van der Waals surface area (Å²) in [5, 5.41) is 2.82. The van der Waals surface area contributed by atoms with Gasteiger partial charge in [0.2, 0.25) is 15.9 Å². The van der Waals surface area contributed by atoms with Crippen molar-refractivity contribution in [3.8, 4) is 11.5 Å². The fourth-order valence-corrected chi connectivity index (χ4v) is 4.22. The van der Waals surface area contributed by atoms with E-state index in [1.165, 1.54) is 11.1 Å². The topological polar surface area (TPSA) is 84.9 Å². The molecule has 1 aliphatic heterocycles. The summed E-state index contributed by atoms with van der Waals surface area (Å²) in [7, 11) is -3.64. The molecule has 0 bridgehead atoms. The van der Waals surface area contributed by atoms with Gasteiger partial charge in [-0.05, 0) is 44.4 Å². The molecule has 0 atom stereocenters. The van der Waals surface area contributed by atoms with Gasteiger partial charge in [0.05, 0.1) is 11.4 Å². The summed E-state index contributed by atoms with van der Waals surface area (Å²) < 4.78 is 37.4. The van der Waals surface area contributed by atoms with Crippen LogP contribution in [0, 0.1) is 6.92 Å². The Bertz CT molecular complexity index is 974. The van der Waals surface area contributed by atoms with Crippen LogP contribution in [0.3, 0.4) is 0 Å². The molecule has 0 saturated carbocycles. The third-order valence-corrected chi connectivity index (χ3v) is 6.63. The standard InChI is InChI=1S/C22H28N2O5S/c1-3-30(26,27)24(19-10-11-20-21(15-19)29-14-13-28-20)16-22(25)23-12-4-5-18-8-6-17(2)7-9-18/h6-11,15H,3-5,12-14,16H2,1-2H3,(H,23,25). The van der Waals surface area contributed by atoms with Gasteiger partial charge in [-0.1, -0.05) is 29.8 Å². The number of benzene rings is 2. The third-order valence-electron chi connectivity index (χ3n) is 4.89. The molecule has 30 heavy (non-hydrogen) atoms. The quantitative estimate of drug-likeness (QED) is 0.616. The predicted molar refractivity (Wildman–Crippen MR) is 117 cm³/mol. The highest BCUT2D eigenvalue weighted by atomic mass is 32.2.